The molecule has 46 valence electrons. The average molecular weight is 132 g/mol. The summed E-state index contributed by atoms with van der Waals surface area (Å²) in [6, 6.07) is 0. The van der Waals surface area contributed by atoms with E-state index >= 15 is 0 Å². The molecule has 0 bridgehead atoms. The smallest absolute Gasteiger partial charge is 0.128 e. The number of hydrogen-bond acceptors (Lipinski definition) is 3. The fourth-order valence-corrected chi connectivity index (χ4v) is 0.311. The predicted molar refractivity (Wildman–Crippen MR) is 36.4 cm³/mol. The van der Waals surface area contributed by atoms with E-state index in [0.29, 0.717) is 0 Å². The molecule has 0 amide bonds. The van der Waals surface area contributed by atoms with Crippen molar-refractivity contribution in [2.45, 2.75) is 0 Å². The van der Waals surface area contributed by atoms with Gasteiger partial charge in [-0.2, -0.15) is 0 Å². The molecule has 0 atom stereocenters. The summed E-state index contributed by atoms with van der Waals surface area (Å²) >= 11 is 1.53. The van der Waals surface area contributed by atoms with Crippen LogP contribution in [0.3, 0.4) is 0 Å². The van der Waals surface area contributed by atoms with Gasteiger partial charge in [0.25, 0.3) is 0 Å². The fourth-order valence-electron chi connectivity index (χ4n) is 0.151. The maximum Gasteiger partial charge on any atom is 0.128 e. The van der Waals surface area contributed by atoms with Gasteiger partial charge in [0.05, 0.1) is 0 Å². The lowest BCUT2D eigenvalue weighted by Crippen LogP contribution is -1.87. The highest BCUT2D eigenvalue weighted by Crippen LogP contribution is 1.92. The van der Waals surface area contributed by atoms with Gasteiger partial charge in [0.2, 0.25) is 0 Å². The van der Waals surface area contributed by atoms with Crippen LogP contribution in [0.5, 0.6) is 0 Å². The van der Waals surface area contributed by atoms with Crippen molar-refractivity contribution in [1.82, 2.24) is 0 Å². The molecule has 0 aliphatic heterocycles. The van der Waals surface area contributed by atoms with Crippen LogP contribution in [0.4, 0.5) is 0 Å². The van der Waals surface area contributed by atoms with E-state index in [1.807, 2.05) is 6.26 Å². The summed E-state index contributed by atoms with van der Waals surface area (Å²) in [5.41, 5.74) is 4.85. The molecule has 0 radical (unpaired) electrons. The molecular weight excluding hydrogens is 124 g/mol. The molecular formula is C4H8N2OS. The maximum absolute atomic E-state index is 4.85. The zero-order valence-corrected chi connectivity index (χ0v) is 5.39. The SMILES string of the molecule is CSC=CON=CN. The highest BCUT2D eigenvalue weighted by Gasteiger charge is 1.64. The Balaban J connectivity index is 3.03. The summed E-state index contributed by atoms with van der Waals surface area (Å²) < 4.78 is 0. The molecule has 0 unspecified atom stereocenters. The summed E-state index contributed by atoms with van der Waals surface area (Å²) in [4.78, 5) is 4.47. The normalized spacial score (nSPS) is 11.1. The third-order valence-corrected chi connectivity index (χ3v) is 0.757. The van der Waals surface area contributed by atoms with Crippen LogP contribution in [0, 0.1) is 0 Å². The van der Waals surface area contributed by atoms with Crippen molar-refractivity contribution in [3.8, 4) is 0 Å². The molecule has 8 heavy (non-hydrogen) atoms. The Hall–Kier alpha value is -0.640. The molecule has 0 aliphatic carbocycles. The standard InChI is InChI=1S/C4H8N2OS/c1-8-3-2-7-6-4-5/h2-4H,1H3,(H2,5,6). The summed E-state index contributed by atoms with van der Waals surface area (Å²) in [6.07, 6.45) is 4.46. The number of rotatable bonds is 3. The van der Waals surface area contributed by atoms with Crippen LogP contribution in [0.25, 0.3) is 0 Å². The van der Waals surface area contributed by atoms with Gasteiger partial charge >= 0.3 is 0 Å². The number of thioether (sulfide) groups is 1. The van der Waals surface area contributed by atoms with Crippen molar-refractivity contribution >= 4 is 18.1 Å². The first kappa shape index (κ1) is 7.36. The van der Waals surface area contributed by atoms with E-state index in [9.17, 15) is 0 Å². The van der Waals surface area contributed by atoms with Gasteiger partial charge in [-0.05, 0) is 6.26 Å². The molecule has 0 heterocycles. The largest absolute Gasteiger partial charge is 0.387 e. The van der Waals surface area contributed by atoms with E-state index in [1.54, 1.807) is 5.41 Å². The van der Waals surface area contributed by atoms with Gasteiger partial charge in [0.1, 0.15) is 12.6 Å². The quantitative estimate of drug-likeness (QED) is 0.266. The average Bonchev–Trinajstić information content (AvgIpc) is 1.81. The van der Waals surface area contributed by atoms with Crippen LogP contribution in [0.1, 0.15) is 0 Å². The zero-order valence-electron chi connectivity index (χ0n) is 4.57. The number of oxime groups is 1. The van der Waals surface area contributed by atoms with Gasteiger partial charge in [0.15, 0.2) is 0 Å². The number of hydrogen-bond donors (Lipinski definition) is 1. The Kier molecular flexibility index (Phi) is 5.85. The van der Waals surface area contributed by atoms with E-state index in [4.69, 9.17) is 5.73 Å². The minimum Gasteiger partial charge on any atom is -0.387 e. The van der Waals surface area contributed by atoms with E-state index in [0.717, 1.165) is 6.34 Å². The Bertz CT molecular complexity index is 92.0. The molecule has 0 aliphatic rings. The lowest BCUT2D eigenvalue weighted by molar-refractivity contribution is 0.271. The predicted octanol–water partition coefficient (Wildman–Crippen LogP) is 0.739. The first-order chi connectivity index (χ1) is 3.91. The molecule has 2 N–H and O–H groups in total. The molecule has 0 spiro atoms. The number of nitrogens with zero attached hydrogens (tertiary/aromatic N) is 1. The van der Waals surface area contributed by atoms with Crippen LogP contribution < -0.4 is 5.73 Å². The molecule has 4 heteroatoms. The Morgan fingerprint density at radius 1 is 1.75 bits per heavy atom. The van der Waals surface area contributed by atoms with Crippen molar-refractivity contribution < 1.29 is 4.84 Å². The van der Waals surface area contributed by atoms with Crippen LogP contribution in [0.15, 0.2) is 16.8 Å². The van der Waals surface area contributed by atoms with Gasteiger partial charge in [-0.15, -0.1) is 11.8 Å². The van der Waals surface area contributed by atoms with Crippen molar-refractivity contribution in [2.75, 3.05) is 6.26 Å². The second-order valence-corrected chi connectivity index (χ2v) is 1.61. The molecule has 0 fully saturated rings. The summed E-state index contributed by atoms with van der Waals surface area (Å²) in [7, 11) is 0. The molecule has 0 saturated carbocycles. The molecule has 0 aromatic heterocycles. The topological polar surface area (TPSA) is 47.6 Å². The van der Waals surface area contributed by atoms with Gasteiger partial charge in [-0.3, -0.25) is 0 Å². The second-order valence-electron chi connectivity index (χ2n) is 0.868. The molecule has 0 rings (SSSR count). The highest BCUT2D eigenvalue weighted by atomic mass is 32.2. The van der Waals surface area contributed by atoms with Crippen LogP contribution in [0.2, 0.25) is 0 Å². The minimum absolute atomic E-state index is 1.09. The fraction of sp³-hybridized carbons (Fsp3) is 0.250. The Morgan fingerprint density at radius 3 is 3.00 bits per heavy atom. The van der Waals surface area contributed by atoms with E-state index < -0.39 is 0 Å². The van der Waals surface area contributed by atoms with E-state index in [1.165, 1.54) is 18.0 Å². The van der Waals surface area contributed by atoms with E-state index in [-0.39, 0.29) is 0 Å². The van der Waals surface area contributed by atoms with Crippen molar-refractivity contribution in [1.29, 1.82) is 0 Å². The van der Waals surface area contributed by atoms with Crippen LogP contribution >= 0.6 is 11.8 Å². The summed E-state index contributed by atoms with van der Waals surface area (Å²) in [5.74, 6) is 0. The lowest BCUT2D eigenvalue weighted by Gasteiger charge is -1.82. The van der Waals surface area contributed by atoms with Crippen LogP contribution in [-0.2, 0) is 4.84 Å². The van der Waals surface area contributed by atoms with Gasteiger partial charge in [-0.25, -0.2) is 0 Å². The van der Waals surface area contributed by atoms with E-state index in [2.05, 4.69) is 9.99 Å². The molecule has 3 nitrogen and oxygen atoms in total. The zero-order chi connectivity index (χ0) is 6.24. The first-order valence-electron chi connectivity index (χ1n) is 1.99. The third-order valence-electron chi connectivity index (χ3n) is 0.374. The maximum atomic E-state index is 4.85. The van der Waals surface area contributed by atoms with Gasteiger partial charge in [0, 0.05) is 5.41 Å². The lowest BCUT2D eigenvalue weighted by atomic mass is 11.2. The van der Waals surface area contributed by atoms with Crippen LogP contribution in [-0.4, -0.2) is 12.6 Å². The monoisotopic (exact) mass is 132 g/mol. The molecule has 0 aromatic carbocycles. The second kappa shape index (κ2) is 6.36. The minimum atomic E-state index is 1.09. The van der Waals surface area contributed by atoms with Gasteiger partial charge in [-0.1, -0.05) is 5.16 Å². The molecule has 0 aromatic rings. The Labute approximate surface area is 52.6 Å². The van der Waals surface area contributed by atoms with Crippen molar-refractivity contribution in [2.24, 2.45) is 10.9 Å². The summed E-state index contributed by atoms with van der Waals surface area (Å²) in [6.45, 7) is 0. The Morgan fingerprint density at radius 2 is 2.50 bits per heavy atom. The molecule has 0 saturated heterocycles. The number of nitrogens with two attached hydrogens (primary N) is 1. The highest BCUT2D eigenvalue weighted by molar-refractivity contribution is 8.01. The van der Waals surface area contributed by atoms with Crippen molar-refractivity contribution in [3.63, 3.8) is 0 Å². The van der Waals surface area contributed by atoms with Gasteiger partial charge < -0.3 is 10.6 Å². The first-order valence-corrected chi connectivity index (χ1v) is 3.27. The third kappa shape index (κ3) is 5.36. The summed E-state index contributed by atoms with van der Waals surface area (Å²) in [5, 5.41) is 5.02. The van der Waals surface area contributed by atoms with Crippen molar-refractivity contribution in [3.05, 3.63) is 11.7 Å².